The molecule has 0 saturated heterocycles. The van der Waals surface area contributed by atoms with Crippen molar-refractivity contribution in [2.24, 2.45) is 0 Å². The molecule has 1 aliphatic carbocycles. The van der Waals surface area contributed by atoms with Gasteiger partial charge >= 0.3 is 24.0 Å². The minimum atomic E-state index is -1.47. The van der Waals surface area contributed by atoms with Gasteiger partial charge in [0.2, 0.25) is 0 Å². The highest BCUT2D eigenvalue weighted by molar-refractivity contribution is 6.00. The van der Waals surface area contributed by atoms with Crippen molar-refractivity contribution in [1.29, 1.82) is 0 Å². The molecule has 2 N–H and O–H groups in total. The Morgan fingerprint density at radius 3 is 1.94 bits per heavy atom. The molecule has 0 aliphatic heterocycles. The van der Waals surface area contributed by atoms with Gasteiger partial charge in [0.25, 0.3) is 0 Å². The smallest absolute Gasteiger partial charge is 0.407 e. The fourth-order valence-corrected chi connectivity index (χ4v) is 6.00. The highest BCUT2D eigenvalue weighted by Crippen LogP contribution is 2.44. The minimum Gasteiger partial charge on any atom is -0.480 e. The van der Waals surface area contributed by atoms with Crippen LogP contribution in [0.2, 0.25) is 0 Å². The van der Waals surface area contributed by atoms with E-state index in [9.17, 15) is 24.3 Å². The van der Waals surface area contributed by atoms with Crippen LogP contribution in [0.15, 0.2) is 72.8 Å². The Hall–Kier alpha value is -5.12. The highest BCUT2D eigenvalue weighted by Gasteiger charge is 2.33. The van der Waals surface area contributed by atoms with Crippen LogP contribution < -0.4 is 5.32 Å². The number of fused-ring (bicyclic) bond motifs is 4. The molecule has 47 heavy (non-hydrogen) atoms. The molecular formula is C37H40N2O8. The number of carbonyl (C=O) groups is 4. The maximum absolute atomic E-state index is 13.7. The maximum Gasteiger partial charge on any atom is 0.407 e. The fourth-order valence-electron chi connectivity index (χ4n) is 6.00. The molecule has 10 nitrogen and oxygen atoms in total. The molecule has 5 rings (SSSR count). The third-order valence-electron chi connectivity index (χ3n) is 7.72. The van der Waals surface area contributed by atoms with Crippen LogP contribution in [-0.4, -0.2) is 57.5 Å². The zero-order valence-corrected chi connectivity index (χ0v) is 27.5. The molecule has 1 heterocycles. The summed E-state index contributed by atoms with van der Waals surface area (Å²) in [5.74, 6) is -2.85. The number of amides is 1. The first-order valence-electron chi connectivity index (χ1n) is 15.5. The summed E-state index contributed by atoms with van der Waals surface area (Å²) in [7, 11) is 0. The van der Waals surface area contributed by atoms with Crippen molar-refractivity contribution in [2.45, 2.75) is 77.7 Å². The number of ether oxygens (including phenoxy) is 3. The Bertz CT molecular complexity index is 1800. The summed E-state index contributed by atoms with van der Waals surface area (Å²) in [6.45, 7) is 10.1. The number of nitrogens with one attached hydrogen (secondary N) is 1. The Morgan fingerprint density at radius 2 is 1.36 bits per heavy atom. The van der Waals surface area contributed by atoms with Crippen molar-refractivity contribution >= 4 is 34.9 Å². The van der Waals surface area contributed by atoms with E-state index >= 15 is 0 Å². The van der Waals surface area contributed by atoms with E-state index in [1.165, 1.54) is 4.57 Å². The summed E-state index contributed by atoms with van der Waals surface area (Å²) in [6.07, 6.45) is -1.19. The van der Waals surface area contributed by atoms with E-state index in [2.05, 4.69) is 5.32 Å². The maximum atomic E-state index is 13.7. The lowest BCUT2D eigenvalue weighted by Crippen LogP contribution is -2.43. The van der Waals surface area contributed by atoms with Gasteiger partial charge in [-0.3, -0.25) is 4.79 Å². The summed E-state index contributed by atoms with van der Waals surface area (Å²) in [5.41, 5.74) is 3.36. The van der Waals surface area contributed by atoms with Crippen molar-refractivity contribution < 1.29 is 38.5 Å². The predicted octanol–water partition coefficient (Wildman–Crippen LogP) is 6.47. The first-order chi connectivity index (χ1) is 22.1. The fraction of sp³-hybridized carbons (Fsp3) is 0.351. The highest BCUT2D eigenvalue weighted by atomic mass is 16.6. The van der Waals surface area contributed by atoms with Gasteiger partial charge in [-0.2, -0.15) is 0 Å². The molecule has 3 aromatic carbocycles. The molecule has 1 amide bonds. The van der Waals surface area contributed by atoms with Gasteiger partial charge < -0.3 is 29.2 Å². The number of hydrogen-bond acceptors (Lipinski definition) is 7. The second-order valence-corrected chi connectivity index (χ2v) is 13.6. The van der Waals surface area contributed by atoms with Crippen LogP contribution in [0.1, 0.15) is 74.6 Å². The molecule has 1 aromatic heterocycles. The van der Waals surface area contributed by atoms with E-state index in [1.54, 1.807) is 65.8 Å². The molecule has 1 aliphatic rings. The van der Waals surface area contributed by atoms with E-state index < -0.39 is 41.2 Å². The lowest BCUT2D eigenvalue weighted by Gasteiger charge is -2.23. The van der Waals surface area contributed by atoms with Gasteiger partial charge in [0.1, 0.15) is 36.1 Å². The molecule has 1 atom stereocenters. The number of esters is 2. The quantitative estimate of drug-likeness (QED) is 0.157. The van der Waals surface area contributed by atoms with E-state index in [0.29, 0.717) is 16.5 Å². The molecule has 0 radical (unpaired) electrons. The number of hydrogen-bond donors (Lipinski definition) is 2. The first-order valence-corrected chi connectivity index (χ1v) is 15.5. The largest absolute Gasteiger partial charge is 0.480 e. The molecule has 246 valence electrons. The Morgan fingerprint density at radius 1 is 0.809 bits per heavy atom. The third-order valence-corrected chi connectivity index (χ3v) is 7.72. The number of carboxylic acids is 1. The number of para-hydroxylation sites is 1. The molecule has 0 saturated carbocycles. The first kappa shape index (κ1) is 33.2. The number of aliphatic carboxylic acids is 1. The molecule has 0 spiro atoms. The van der Waals surface area contributed by atoms with Crippen LogP contribution in [-0.2, 0) is 36.8 Å². The van der Waals surface area contributed by atoms with Crippen molar-refractivity contribution in [3.63, 3.8) is 0 Å². The number of aromatic nitrogens is 1. The second-order valence-electron chi connectivity index (χ2n) is 13.6. The van der Waals surface area contributed by atoms with E-state index in [-0.39, 0.29) is 31.2 Å². The Kier molecular flexibility index (Phi) is 9.15. The lowest BCUT2D eigenvalue weighted by molar-refractivity contribution is -0.155. The van der Waals surface area contributed by atoms with Crippen molar-refractivity contribution in [1.82, 2.24) is 9.88 Å². The summed E-state index contributed by atoms with van der Waals surface area (Å²) >= 11 is 0. The summed E-state index contributed by atoms with van der Waals surface area (Å²) in [6, 6.07) is 21.3. The molecule has 10 heteroatoms. The lowest BCUT2D eigenvalue weighted by atomic mass is 9.98. The summed E-state index contributed by atoms with van der Waals surface area (Å²) in [4.78, 5) is 52.4. The Balaban J connectivity index is 1.43. The van der Waals surface area contributed by atoms with E-state index in [1.807, 2.05) is 48.5 Å². The zero-order chi connectivity index (χ0) is 34.1. The average molecular weight is 641 g/mol. The number of benzene rings is 3. The third kappa shape index (κ3) is 7.48. The minimum absolute atomic E-state index is 0.00452. The number of nitrogens with zero attached hydrogens (tertiary/aromatic N) is 1. The standard InChI is InChI=1S/C37H40N2O8/c1-36(2,3)46-31(40)20-39-30-18-12-11-17-26(30)27(32(39)34(43)47-37(4,5)6)19-29(33(41)42)38-35(44)45-21-28-24-15-9-7-13-22(24)23-14-8-10-16-25(23)28/h7-18,28-29H,19-21H2,1-6H3,(H,38,44)(H,41,42). The van der Waals surface area contributed by atoms with E-state index in [0.717, 1.165) is 22.3 Å². The van der Waals surface area contributed by atoms with Crippen LogP contribution in [0.4, 0.5) is 4.79 Å². The average Bonchev–Trinajstić information content (AvgIpc) is 3.46. The van der Waals surface area contributed by atoms with Crippen LogP contribution in [0.3, 0.4) is 0 Å². The summed E-state index contributed by atoms with van der Waals surface area (Å²) in [5, 5.41) is 13.2. The van der Waals surface area contributed by atoms with Gasteiger partial charge in [-0.25, -0.2) is 14.4 Å². The number of alkyl carbamates (subject to hydrolysis) is 1. The second kappa shape index (κ2) is 12.9. The van der Waals surface area contributed by atoms with Gasteiger partial charge in [0.15, 0.2) is 0 Å². The van der Waals surface area contributed by atoms with Crippen LogP contribution in [0, 0.1) is 0 Å². The number of carboxylic acid groups (broad SMARTS) is 1. The van der Waals surface area contributed by atoms with Gasteiger partial charge in [-0.15, -0.1) is 0 Å². The Labute approximate surface area is 273 Å². The van der Waals surface area contributed by atoms with Crippen LogP contribution >= 0.6 is 0 Å². The van der Waals surface area contributed by atoms with Crippen LogP contribution in [0.25, 0.3) is 22.0 Å². The number of rotatable bonds is 9. The summed E-state index contributed by atoms with van der Waals surface area (Å²) < 4.78 is 18.4. The van der Waals surface area contributed by atoms with E-state index in [4.69, 9.17) is 14.2 Å². The van der Waals surface area contributed by atoms with Crippen molar-refractivity contribution in [3.05, 3.63) is 95.2 Å². The number of carbonyl (C=O) groups excluding carboxylic acids is 3. The normalized spacial score (nSPS) is 13.4. The van der Waals surface area contributed by atoms with Crippen molar-refractivity contribution in [2.75, 3.05) is 6.61 Å². The van der Waals surface area contributed by atoms with Gasteiger partial charge in [0.05, 0.1) is 0 Å². The molecule has 4 aromatic rings. The van der Waals surface area contributed by atoms with Gasteiger partial charge in [-0.1, -0.05) is 66.7 Å². The zero-order valence-electron chi connectivity index (χ0n) is 27.5. The molecular weight excluding hydrogens is 600 g/mol. The molecule has 1 unspecified atom stereocenters. The topological polar surface area (TPSA) is 133 Å². The monoisotopic (exact) mass is 640 g/mol. The van der Waals surface area contributed by atoms with Crippen LogP contribution in [0.5, 0.6) is 0 Å². The SMILES string of the molecule is CC(C)(C)OC(=O)Cn1c(C(=O)OC(C)(C)C)c(CC(NC(=O)OCC2c3ccccc3-c3ccccc32)C(=O)O)c2ccccc21. The predicted molar refractivity (Wildman–Crippen MR) is 176 cm³/mol. The van der Waals surface area contributed by atoms with Gasteiger partial charge in [0, 0.05) is 23.2 Å². The van der Waals surface area contributed by atoms with Gasteiger partial charge in [-0.05, 0) is 75.4 Å². The molecule has 0 fully saturated rings. The van der Waals surface area contributed by atoms with Crippen molar-refractivity contribution in [3.8, 4) is 11.1 Å². The molecule has 0 bridgehead atoms.